The number of thiol groups is 1. The molecule has 0 aliphatic heterocycles. The van der Waals surface area contributed by atoms with Crippen LogP contribution in [0.1, 0.15) is 0 Å². The van der Waals surface area contributed by atoms with Crippen molar-refractivity contribution in [1.29, 1.82) is 0 Å². The smallest absolute Gasteiger partial charge is 0.138 e. The second kappa shape index (κ2) is 2.21. The van der Waals surface area contributed by atoms with E-state index in [0.29, 0.717) is 0 Å². The molecular formula is C2H4BNS. The zero-order valence-electron chi connectivity index (χ0n) is 2.68. The van der Waals surface area contributed by atoms with Crippen molar-refractivity contribution in [3.63, 3.8) is 0 Å². The highest BCUT2D eigenvalue weighted by atomic mass is 32.1. The maximum atomic E-state index is 4.85. The number of nitrogens with two attached hydrogens (primary N) is 1. The Morgan fingerprint density at radius 2 is 2.20 bits per heavy atom. The van der Waals surface area contributed by atoms with Crippen LogP contribution in [0, 0.1) is 0 Å². The van der Waals surface area contributed by atoms with Crippen LogP contribution in [0.5, 0.6) is 0 Å². The van der Waals surface area contributed by atoms with Crippen LogP contribution in [-0.2, 0) is 0 Å². The molecule has 2 radical (unpaired) electrons. The van der Waals surface area contributed by atoms with Crippen LogP contribution in [0.25, 0.3) is 0 Å². The third-order valence-electron chi connectivity index (χ3n) is 0.149. The molecule has 1 nitrogen and oxygen atoms in total. The summed E-state index contributed by atoms with van der Waals surface area (Å²) in [5, 5.41) is 1.33. The van der Waals surface area contributed by atoms with Crippen LogP contribution in [0.15, 0.2) is 11.0 Å². The SMILES string of the molecule is [B]/C(N)=C/S. The summed E-state index contributed by atoms with van der Waals surface area (Å²) in [6, 6.07) is 0. The third-order valence-corrected chi connectivity index (χ3v) is 0.447. The van der Waals surface area contributed by atoms with Crippen molar-refractivity contribution < 1.29 is 0 Å². The molecule has 0 saturated carbocycles. The Morgan fingerprint density at radius 3 is 2.20 bits per heavy atom. The minimum atomic E-state index is 0.244. The van der Waals surface area contributed by atoms with Gasteiger partial charge in [-0.2, -0.15) is 12.6 Å². The van der Waals surface area contributed by atoms with E-state index in [4.69, 9.17) is 13.6 Å². The zero-order chi connectivity index (χ0) is 4.28. The molecule has 0 rings (SSSR count). The van der Waals surface area contributed by atoms with E-state index >= 15 is 0 Å². The summed E-state index contributed by atoms with van der Waals surface area (Å²) in [6.45, 7) is 0. The standard InChI is InChI=1S/C2H4BNS/c3-2(4)1-5/h1,5H,4H2/b2-1-. The Labute approximate surface area is 38.1 Å². The molecule has 0 saturated heterocycles. The van der Waals surface area contributed by atoms with Crippen molar-refractivity contribution in [2.75, 3.05) is 0 Å². The van der Waals surface area contributed by atoms with E-state index in [9.17, 15) is 0 Å². The molecule has 26 valence electrons. The Bertz CT molecular complexity index is 47.6. The average Bonchev–Trinajstić information content (AvgIpc) is 1.38. The topological polar surface area (TPSA) is 26.0 Å². The maximum absolute atomic E-state index is 4.85. The van der Waals surface area contributed by atoms with Gasteiger partial charge in [0.2, 0.25) is 0 Å². The van der Waals surface area contributed by atoms with Gasteiger partial charge in [-0.15, -0.1) is 0 Å². The molecular weight excluding hydrogens is 80.9 g/mol. The van der Waals surface area contributed by atoms with E-state index in [1.54, 1.807) is 0 Å². The molecule has 0 aromatic rings. The molecule has 0 amide bonds. The van der Waals surface area contributed by atoms with Crippen molar-refractivity contribution >= 4 is 20.5 Å². The Kier molecular flexibility index (Phi) is 2.19. The third kappa shape index (κ3) is 3.95. The molecule has 0 bridgehead atoms. The van der Waals surface area contributed by atoms with Crippen molar-refractivity contribution in [1.82, 2.24) is 0 Å². The lowest BCUT2D eigenvalue weighted by Crippen LogP contribution is -1.91. The van der Waals surface area contributed by atoms with Gasteiger partial charge in [-0.3, -0.25) is 0 Å². The normalized spacial score (nSPS) is 11.8. The Morgan fingerprint density at radius 1 is 2.00 bits per heavy atom. The first-order chi connectivity index (χ1) is 2.27. The highest BCUT2D eigenvalue weighted by molar-refractivity contribution is 7.83. The highest BCUT2D eigenvalue weighted by Gasteiger charge is 1.61. The molecule has 5 heavy (non-hydrogen) atoms. The predicted molar refractivity (Wildman–Crippen MR) is 27.0 cm³/mol. The largest absolute Gasteiger partial charge is 0.410 e. The molecule has 0 atom stereocenters. The molecule has 2 N–H and O–H groups in total. The lowest BCUT2D eigenvalue weighted by molar-refractivity contribution is 1.56. The second-order valence-corrected chi connectivity index (χ2v) is 0.887. The monoisotopic (exact) mass is 85.0 g/mol. The minimum Gasteiger partial charge on any atom is -0.410 e. The minimum absolute atomic E-state index is 0.244. The van der Waals surface area contributed by atoms with E-state index in [0.717, 1.165) is 0 Å². The number of hydrogen-bond acceptors (Lipinski definition) is 2. The van der Waals surface area contributed by atoms with Crippen molar-refractivity contribution in [2.45, 2.75) is 0 Å². The summed E-state index contributed by atoms with van der Waals surface area (Å²) in [4.78, 5) is 0. The first-order valence-corrected chi connectivity index (χ1v) is 1.64. The van der Waals surface area contributed by atoms with Crippen LogP contribution in [0.2, 0.25) is 0 Å². The average molecular weight is 84.9 g/mol. The van der Waals surface area contributed by atoms with Crippen molar-refractivity contribution in [3.8, 4) is 0 Å². The van der Waals surface area contributed by atoms with E-state index in [1.165, 1.54) is 5.41 Å². The number of rotatable bonds is 0. The fourth-order valence-corrected chi connectivity index (χ4v) is 0. The first kappa shape index (κ1) is 4.95. The summed E-state index contributed by atoms with van der Waals surface area (Å²) >= 11 is 3.60. The maximum Gasteiger partial charge on any atom is 0.138 e. The van der Waals surface area contributed by atoms with Gasteiger partial charge in [-0.05, 0) is 11.0 Å². The second-order valence-electron chi connectivity index (χ2n) is 0.629. The van der Waals surface area contributed by atoms with Gasteiger partial charge in [-0.25, -0.2) is 0 Å². The molecule has 0 heterocycles. The molecule has 0 fully saturated rings. The van der Waals surface area contributed by atoms with Crippen LogP contribution in [0.3, 0.4) is 0 Å². The fraction of sp³-hybridized carbons (Fsp3) is 0. The Balaban J connectivity index is 3.14. The summed E-state index contributed by atoms with van der Waals surface area (Å²) < 4.78 is 0. The van der Waals surface area contributed by atoms with Gasteiger partial charge in [-0.1, -0.05) is 0 Å². The van der Waals surface area contributed by atoms with Gasteiger partial charge < -0.3 is 5.73 Å². The zero-order valence-corrected chi connectivity index (χ0v) is 3.57. The van der Waals surface area contributed by atoms with E-state index in [1.807, 2.05) is 0 Å². The van der Waals surface area contributed by atoms with Gasteiger partial charge in [0.05, 0.1) is 0 Å². The van der Waals surface area contributed by atoms with Gasteiger partial charge in [0.15, 0.2) is 0 Å². The molecule has 0 spiro atoms. The van der Waals surface area contributed by atoms with Gasteiger partial charge in [0.1, 0.15) is 7.85 Å². The van der Waals surface area contributed by atoms with Crippen molar-refractivity contribution in [2.24, 2.45) is 5.73 Å². The number of hydrogen-bond donors (Lipinski definition) is 2. The van der Waals surface area contributed by atoms with Gasteiger partial charge >= 0.3 is 0 Å². The van der Waals surface area contributed by atoms with E-state index in [2.05, 4.69) is 12.6 Å². The molecule has 0 unspecified atom stereocenters. The lowest BCUT2D eigenvalue weighted by Gasteiger charge is -1.76. The molecule has 0 aliphatic rings. The van der Waals surface area contributed by atoms with Crippen LogP contribution in [0.4, 0.5) is 0 Å². The van der Waals surface area contributed by atoms with E-state index < -0.39 is 0 Å². The van der Waals surface area contributed by atoms with E-state index in [-0.39, 0.29) is 5.60 Å². The molecule has 0 aliphatic carbocycles. The Hall–Kier alpha value is -0.0451. The first-order valence-electron chi connectivity index (χ1n) is 1.12. The summed E-state index contributed by atoms with van der Waals surface area (Å²) in [5.41, 5.74) is 5.10. The quantitative estimate of drug-likeness (QED) is 0.310. The van der Waals surface area contributed by atoms with Crippen LogP contribution < -0.4 is 5.73 Å². The predicted octanol–water partition coefficient (Wildman–Crippen LogP) is -0.158. The van der Waals surface area contributed by atoms with Crippen molar-refractivity contribution in [3.05, 3.63) is 11.0 Å². The molecule has 0 aromatic carbocycles. The highest BCUT2D eigenvalue weighted by Crippen LogP contribution is 1.74. The van der Waals surface area contributed by atoms with Gasteiger partial charge in [0, 0.05) is 0 Å². The fourth-order valence-electron chi connectivity index (χ4n) is 0. The summed E-state index contributed by atoms with van der Waals surface area (Å²) in [6.07, 6.45) is 0. The van der Waals surface area contributed by atoms with Crippen LogP contribution >= 0.6 is 12.6 Å². The lowest BCUT2D eigenvalue weighted by atomic mass is 10.1. The molecule has 3 heteroatoms. The summed E-state index contributed by atoms with van der Waals surface area (Å²) in [5.74, 6) is 0. The molecule has 0 aromatic heterocycles. The van der Waals surface area contributed by atoms with Gasteiger partial charge in [0.25, 0.3) is 0 Å². The van der Waals surface area contributed by atoms with Crippen LogP contribution in [-0.4, -0.2) is 7.85 Å². The summed E-state index contributed by atoms with van der Waals surface area (Å²) in [7, 11) is 4.85.